The molecule has 0 N–H and O–H groups in total. The molecule has 0 aliphatic carbocycles. The van der Waals surface area contributed by atoms with Crippen molar-refractivity contribution in [2.45, 2.75) is 13.8 Å². The predicted molar refractivity (Wildman–Crippen MR) is 93.2 cm³/mol. The fourth-order valence-corrected chi connectivity index (χ4v) is 3.31. The van der Waals surface area contributed by atoms with E-state index in [0.717, 1.165) is 38.6 Å². The van der Waals surface area contributed by atoms with E-state index in [4.69, 9.17) is 0 Å². The van der Waals surface area contributed by atoms with E-state index in [9.17, 15) is 5.26 Å². The van der Waals surface area contributed by atoms with Crippen LogP contribution >= 0.6 is 0 Å². The van der Waals surface area contributed by atoms with Crippen LogP contribution in [0.15, 0.2) is 54.7 Å². The molecule has 0 radical (unpaired) electrons. The van der Waals surface area contributed by atoms with Crippen LogP contribution in [0.2, 0.25) is 0 Å². The second-order valence-electron chi connectivity index (χ2n) is 5.80. The topological polar surface area (TPSA) is 41.6 Å². The monoisotopic (exact) mass is 297 g/mol. The molecule has 0 saturated heterocycles. The Balaban J connectivity index is 2.19. The van der Waals surface area contributed by atoms with Crippen LogP contribution in [0.5, 0.6) is 0 Å². The summed E-state index contributed by atoms with van der Waals surface area (Å²) >= 11 is 0. The summed E-state index contributed by atoms with van der Waals surface area (Å²) in [6, 6.07) is 16.4. The average Bonchev–Trinajstić information content (AvgIpc) is 2.85. The highest BCUT2D eigenvalue weighted by Gasteiger charge is 2.17. The van der Waals surface area contributed by atoms with Crippen molar-refractivity contribution in [3.05, 3.63) is 66.0 Å². The summed E-state index contributed by atoms with van der Waals surface area (Å²) in [6.07, 6.45) is 4.11. The van der Waals surface area contributed by atoms with Crippen LogP contribution in [0, 0.1) is 25.3 Å². The second-order valence-corrected chi connectivity index (χ2v) is 5.80. The molecule has 0 unspecified atom stereocenters. The molecule has 4 rings (SSSR count). The zero-order chi connectivity index (χ0) is 16.0. The Morgan fingerprint density at radius 3 is 2.70 bits per heavy atom. The Morgan fingerprint density at radius 1 is 1.04 bits per heavy atom. The smallest absolute Gasteiger partial charge is 0.189 e. The van der Waals surface area contributed by atoms with E-state index in [1.165, 1.54) is 5.56 Å². The van der Waals surface area contributed by atoms with Crippen LogP contribution in [0.4, 0.5) is 0 Å². The van der Waals surface area contributed by atoms with Crippen molar-refractivity contribution < 1.29 is 0 Å². The van der Waals surface area contributed by atoms with Gasteiger partial charge < -0.3 is 0 Å². The minimum absolute atomic E-state index is 0.943. The molecule has 2 heterocycles. The molecule has 23 heavy (non-hydrogen) atoms. The molecule has 0 aliphatic heterocycles. The highest BCUT2D eigenvalue weighted by molar-refractivity contribution is 6.05. The molecule has 0 atom stereocenters. The lowest BCUT2D eigenvalue weighted by atomic mass is 9.98. The van der Waals surface area contributed by atoms with Gasteiger partial charge >= 0.3 is 0 Å². The molecule has 0 bridgehead atoms. The van der Waals surface area contributed by atoms with E-state index in [1.807, 2.05) is 37.4 Å². The largest absolute Gasteiger partial charge is 0.256 e. The minimum atomic E-state index is 0.943. The lowest BCUT2D eigenvalue weighted by Gasteiger charge is -2.06. The first-order chi connectivity index (χ1) is 11.2. The highest BCUT2D eigenvalue weighted by atomic mass is 15.0. The standard InChI is InChI=1S/C20H15N3/c1-13-8-9-18-17(11-13)19(14(2)23(18)12-21)16-7-3-5-15-6-4-10-22-20(15)16/h3-11H,1-2H3. The van der Waals surface area contributed by atoms with Gasteiger partial charge in [0.05, 0.1) is 11.0 Å². The molecule has 3 heteroatoms. The summed E-state index contributed by atoms with van der Waals surface area (Å²) in [5.74, 6) is 0. The van der Waals surface area contributed by atoms with Crippen molar-refractivity contribution in [1.29, 1.82) is 5.26 Å². The number of nitriles is 1. The third-order valence-electron chi connectivity index (χ3n) is 4.36. The number of aryl methyl sites for hydroxylation is 1. The molecule has 4 aromatic rings. The van der Waals surface area contributed by atoms with Gasteiger partial charge in [0.2, 0.25) is 0 Å². The number of benzene rings is 2. The van der Waals surface area contributed by atoms with E-state index in [2.05, 4.69) is 42.4 Å². The second kappa shape index (κ2) is 4.96. The molecule has 2 aromatic heterocycles. The molecule has 0 fully saturated rings. The Kier molecular flexibility index (Phi) is 2.92. The first kappa shape index (κ1) is 13.5. The number of hydrogen-bond donors (Lipinski definition) is 0. The average molecular weight is 297 g/mol. The van der Waals surface area contributed by atoms with E-state index >= 15 is 0 Å². The lowest BCUT2D eigenvalue weighted by Crippen LogP contribution is -1.91. The molecule has 0 amide bonds. The predicted octanol–water partition coefficient (Wildman–Crippen LogP) is 4.80. The molecule has 3 nitrogen and oxygen atoms in total. The van der Waals surface area contributed by atoms with E-state index in [0.29, 0.717) is 0 Å². The van der Waals surface area contributed by atoms with Crippen molar-refractivity contribution in [3.8, 4) is 17.3 Å². The molecule has 2 aromatic carbocycles. The van der Waals surface area contributed by atoms with Gasteiger partial charge in [-0.25, -0.2) is 0 Å². The van der Waals surface area contributed by atoms with Gasteiger partial charge in [-0.3, -0.25) is 9.55 Å². The van der Waals surface area contributed by atoms with E-state index in [1.54, 1.807) is 4.57 Å². The van der Waals surface area contributed by atoms with Gasteiger partial charge in [0.1, 0.15) is 0 Å². The molecule has 110 valence electrons. The maximum Gasteiger partial charge on any atom is 0.189 e. The molecule has 0 saturated carbocycles. The summed E-state index contributed by atoms with van der Waals surface area (Å²) in [5, 5.41) is 11.8. The van der Waals surface area contributed by atoms with E-state index < -0.39 is 0 Å². The van der Waals surface area contributed by atoms with Crippen LogP contribution in [-0.4, -0.2) is 9.55 Å². The first-order valence-electron chi connectivity index (χ1n) is 7.56. The number of rotatable bonds is 1. The third-order valence-corrected chi connectivity index (χ3v) is 4.36. The Labute approximate surface area is 134 Å². The fourth-order valence-electron chi connectivity index (χ4n) is 3.31. The Bertz CT molecular complexity index is 1090. The molecular formula is C20H15N3. The maximum absolute atomic E-state index is 9.56. The van der Waals surface area contributed by atoms with Crippen LogP contribution in [-0.2, 0) is 0 Å². The summed E-state index contributed by atoms with van der Waals surface area (Å²) in [6.45, 7) is 4.07. The summed E-state index contributed by atoms with van der Waals surface area (Å²) in [5.41, 5.74) is 6.21. The van der Waals surface area contributed by atoms with Crippen LogP contribution in [0.1, 0.15) is 11.3 Å². The number of aromatic nitrogens is 2. The maximum atomic E-state index is 9.56. The van der Waals surface area contributed by atoms with Gasteiger partial charge in [-0.15, -0.1) is 0 Å². The lowest BCUT2D eigenvalue weighted by molar-refractivity contribution is 1.07. The van der Waals surface area contributed by atoms with Gasteiger partial charge in [0.15, 0.2) is 6.19 Å². The number of hydrogen-bond acceptors (Lipinski definition) is 2. The summed E-state index contributed by atoms with van der Waals surface area (Å²) in [7, 11) is 0. The molecule has 0 aliphatic rings. The number of pyridine rings is 1. The van der Waals surface area contributed by atoms with Gasteiger partial charge in [-0.05, 0) is 32.0 Å². The van der Waals surface area contributed by atoms with Crippen LogP contribution in [0.3, 0.4) is 0 Å². The van der Waals surface area contributed by atoms with Gasteiger partial charge in [-0.1, -0.05) is 35.9 Å². The van der Waals surface area contributed by atoms with E-state index in [-0.39, 0.29) is 0 Å². The fraction of sp³-hybridized carbons (Fsp3) is 0.100. The molecule has 0 spiro atoms. The summed E-state index contributed by atoms with van der Waals surface area (Å²) < 4.78 is 1.70. The van der Waals surface area contributed by atoms with Gasteiger partial charge in [-0.2, -0.15) is 5.26 Å². The van der Waals surface area contributed by atoms with Crippen molar-refractivity contribution in [1.82, 2.24) is 9.55 Å². The Hall–Kier alpha value is -3.12. The minimum Gasteiger partial charge on any atom is -0.256 e. The number of nitrogens with zero attached hydrogens (tertiary/aromatic N) is 3. The van der Waals surface area contributed by atoms with Crippen LogP contribution in [0.25, 0.3) is 32.9 Å². The zero-order valence-electron chi connectivity index (χ0n) is 13.0. The van der Waals surface area contributed by atoms with Crippen molar-refractivity contribution >= 4 is 21.8 Å². The normalized spacial score (nSPS) is 11.0. The van der Waals surface area contributed by atoms with Gasteiger partial charge in [0.25, 0.3) is 0 Å². The zero-order valence-corrected chi connectivity index (χ0v) is 13.0. The van der Waals surface area contributed by atoms with Crippen molar-refractivity contribution in [2.24, 2.45) is 0 Å². The van der Waals surface area contributed by atoms with Crippen molar-refractivity contribution in [3.63, 3.8) is 0 Å². The quantitative estimate of drug-likeness (QED) is 0.506. The highest BCUT2D eigenvalue weighted by Crippen LogP contribution is 2.37. The SMILES string of the molecule is Cc1ccc2c(c1)c(-c1cccc3cccnc13)c(C)n2C#N. The summed E-state index contributed by atoms with van der Waals surface area (Å²) in [4.78, 5) is 4.57. The number of fused-ring (bicyclic) bond motifs is 2. The van der Waals surface area contributed by atoms with Crippen molar-refractivity contribution in [2.75, 3.05) is 0 Å². The van der Waals surface area contributed by atoms with Gasteiger partial charge in [0, 0.05) is 33.8 Å². The third kappa shape index (κ3) is 1.92. The molecular weight excluding hydrogens is 282 g/mol. The number of para-hydroxylation sites is 1. The first-order valence-corrected chi connectivity index (χ1v) is 7.56. The van der Waals surface area contributed by atoms with Crippen LogP contribution < -0.4 is 0 Å². The Morgan fingerprint density at radius 2 is 1.87 bits per heavy atom.